The fourth-order valence-corrected chi connectivity index (χ4v) is 2.11. The van der Waals surface area contributed by atoms with E-state index < -0.39 is 13.1 Å². The van der Waals surface area contributed by atoms with Gasteiger partial charge in [0, 0.05) is 18.2 Å². The lowest BCUT2D eigenvalue weighted by Crippen LogP contribution is -2.41. The molecule has 1 unspecified atom stereocenters. The molecule has 1 aromatic carbocycles. The summed E-state index contributed by atoms with van der Waals surface area (Å²) in [7, 11) is -0.984. The number of aliphatic carboxylic acids is 1. The van der Waals surface area contributed by atoms with Crippen molar-refractivity contribution in [2.24, 2.45) is 0 Å². The van der Waals surface area contributed by atoms with Crippen LogP contribution >= 0.6 is 0 Å². The topological polar surface area (TPSA) is 108 Å². The normalized spacial score (nSPS) is 14.7. The minimum absolute atomic E-state index is 0.150. The van der Waals surface area contributed by atoms with Gasteiger partial charge in [-0.3, -0.25) is 9.59 Å². The van der Waals surface area contributed by atoms with E-state index in [1.54, 1.807) is 25.1 Å². The van der Waals surface area contributed by atoms with Crippen LogP contribution in [0, 0.1) is 0 Å². The van der Waals surface area contributed by atoms with Gasteiger partial charge in [0.25, 0.3) is 5.91 Å². The minimum atomic E-state index is -0.984. The number of carbonyl (C=O) groups excluding carboxylic acids is 1. The van der Waals surface area contributed by atoms with Crippen molar-refractivity contribution in [3.8, 4) is 0 Å². The van der Waals surface area contributed by atoms with E-state index in [4.69, 9.17) is 9.76 Å². The molecule has 0 saturated carbocycles. The molecule has 21 heavy (non-hydrogen) atoms. The van der Waals surface area contributed by atoms with Crippen molar-refractivity contribution < 1.29 is 24.4 Å². The molecule has 0 aromatic heterocycles. The zero-order chi connectivity index (χ0) is 15.4. The SMILES string of the molecule is CC(CNCC(=O)O)NC(=O)c1ccc2c(c1)B(O)OC2. The van der Waals surface area contributed by atoms with Gasteiger partial charge in [-0.15, -0.1) is 0 Å². The second-order valence-electron chi connectivity index (χ2n) is 4.98. The smallest absolute Gasteiger partial charge is 0.480 e. The number of fused-ring (bicyclic) bond motifs is 1. The Balaban J connectivity index is 1.91. The largest absolute Gasteiger partial charge is 0.491 e. The molecule has 112 valence electrons. The number of carboxylic acids is 1. The van der Waals surface area contributed by atoms with Crippen molar-refractivity contribution in [2.75, 3.05) is 13.1 Å². The van der Waals surface area contributed by atoms with Gasteiger partial charge in [-0.25, -0.2) is 0 Å². The summed E-state index contributed by atoms with van der Waals surface area (Å²) in [4.78, 5) is 22.5. The first-order valence-electron chi connectivity index (χ1n) is 6.63. The van der Waals surface area contributed by atoms with Crippen molar-refractivity contribution in [3.05, 3.63) is 29.3 Å². The lowest BCUT2D eigenvalue weighted by atomic mass is 9.79. The molecule has 0 spiro atoms. The predicted octanol–water partition coefficient (Wildman–Crippen LogP) is -1.30. The van der Waals surface area contributed by atoms with Gasteiger partial charge in [0.15, 0.2) is 0 Å². The molecule has 2 rings (SSSR count). The molecule has 8 heteroatoms. The number of hydrogen-bond acceptors (Lipinski definition) is 5. The first-order chi connectivity index (χ1) is 9.97. The third-order valence-electron chi connectivity index (χ3n) is 3.18. The molecule has 0 fully saturated rings. The van der Waals surface area contributed by atoms with Gasteiger partial charge in [-0.2, -0.15) is 0 Å². The molecule has 0 radical (unpaired) electrons. The number of amides is 1. The molecule has 0 bridgehead atoms. The minimum Gasteiger partial charge on any atom is -0.480 e. The molecule has 1 aromatic rings. The van der Waals surface area contributed by atoms with E-state index in [1.807, 2.05) is 0 Å². The highest BCUT2D eigenvalue weighted by Gasteiger charge is 2.28. The van der Waals surface area contributed by atoms with Gasteiger partial charge in [-0.05, 0) is 30.1 Å². The van der Waals surface area contributed by atoms with E-state index in [0.29, 0.717) is 24.2 Å². The quantitative estimate of drug-likeness (QED) is 0.485. The fourth-order valence-electron chi connectivity index (χ4n) is 2.11. The Morgan fingerprint density at radius 2 is 2.24 bits per heavy atom. The van der Waals surface area contributed by atoms with Crippen LogP contribution in [0.25, 0.3) is 0 Å². The van der Waals surface area contributed by atoms with Crippen LogP contribution in [0.1, 0.15) is 22.8 Å². The average molecular weight is 292 g/mol. The number of carboxylic acid groups (broad SMARTS) is 1. The Bertz CT molecular complexity index is 551. The number of hydrogen-bond donors (Lipinski definition) is 4. The van der Waals surface area contributed by atoms with Crippen LogP contribution < -0.4 is 16.1 Å². The molecular formula is C13H17BN2O5. The second-order valence-corrected chi connectivity index (χ2v) is 4.98. The molecule has 0 saturated heterocycles. The molecule has 1 atom stereocenters. The van der Waals surface area contributed by atoms with Crippen LogP contribution in [0.4, 0.5) is 0 Å². The van der Waals surface area contributed by atoms with Gasteiger partial charge >= 0.3 is 13.1 Å². The zero-order valence-corrected chi connectivity index (χ0v) is 11.6. The maximum atomic E-state index is 12.1. The molecule has 4 N–H and O–H groups in total. The fraction of sp³-hybridized carbons (Fsp3) is 0.385. The van der Waals surface area contributed by atoms with Gasteiger partial charge in [-0.1, -0.05) is 6.07 Å². The van der Waals surface area contributed by atoms with Crippen LogP contribution in [-0.2, 0) is 16.1 Å². The van der Waals surface area contributed by atoms with E-state index in [-0.39, 0.29) is 18.5 Å². The summed E-state index contributed by atoms with van der Waals surface area (Å²) in [5.41, 5.74) is 1.91. The summed E-state index contributed by atoms with van der Waals surface area (Å²) in [5.74, 6) is -1.22. The van der Waals surface area contributed by atoms with Crippen LogP contribution in [0.3, 0.4) is 0 Å². The first kappa shape index (κ1) is 15.5. The Morgan fingerprint density at radius 1 is 1.48 bits per heavy atom. The highest BCUT2D eigenvalue weighted by atomic mass is 16.5. The second kappa shape index (κ2) is 6.71. The Morgan fingerprint density at radius 3 is 2.95 bits per heavy atom. The molecular weight excluding hydrogens is 275 g/mol. The molecule has 0 aliphatic carbocycles. The Kier molecular flexibility index (Phi) is 4.95. The van der Waals surface area contributed by atoms with E-state index in [0.717, 1.165) is 5.56 Å². The summed E-state index contributed by atoms with van der Waals surface area (Å²) in [6.45, 7) is 2.32. The summed E-state index contributed by atoms with van der Waals surface area (Å²) >= 11 is 0. The van der Waals surface area contributed by atoms with Gasteiger partial charge in [0.1, 0.15) is 0 Å². The predicted molar refractivity (Wildman–Crippen MR) is 76.3 cm³/mol. The van der Waals surface area contributed by atoms with Crippen molar-refractivity contribution in [2.45, 2.75) is 19.6 Å². The number of benzene rings is 1. The van der Waals surface area contributed by atoms with Crippen LogP contribution in [0.2, 0.25) is 0 Å². The van der Waals surface area contributed by atoms with Crippen molar-refractivity contribution in [1.82, 2.24) is 10.6 Å². The van der Waals surface area contributed by atoms with Gasteiger partial charge in [0.05, 0.1) is 13.2 Å². The van der Waals surface area contributed by atoms with E-state index in [1.165, 1.54) is 0 Å². The maximum absolute atomic E-state index is 12.1. The van der Waals surface area contributed by atoms with E-state index in [9.17, 15) is 14.6 Å². The number of rotatable bonds is 6. The Hall–Kier alpha value is -1.90. The molecule has 7 nitrogen and oxygen atoms in total. The van der Waals surface area contributed by atoms with E-state index in [2.05, 4.69) is 10.6 Å². The van der Waals surface area contributed by atoms with Crippen molar-refractivity contribution in [1.29, 1.82) is 0 Å². The lowest BCUT2D eigenvalue weighted by molar-refractivity contribution is -0.135. The lowest BCUT2D eigenvalue weighted by Gasteiger charge is -2.14. The molecule has 1 amide bonds. The standard InChI is InChI=1S/C13H17BN2O5/c1-8(5-15-6-12(17)18)16-13(19)9-2-3-10-7-21-14(20)11(10)4-9/h2-4,8,15,20H,5-7H2,1H3,(H,16,19)(H,17,18). The zero-order valence-electron chi connectivity index (χ0n) is 11.6. The third kappa shape index (κ3) is 4.04. The summed E-state index contributed by atoms with van der Waals surface area (Å²) in [6.07, 6.45) is 0. The molecule has 1 aliphatic rings. The van der Waals surface area contributed by atoms with Gasteiger partial charge < -0.3 is 25.4 Å². The highest BCUT2D eigenvalue weighted by molar-refractivity contribution is 6.61. The summed E-state index contributed by atoms with van der Waals surface area (Å²) in [5, 5.41) is 23.6. The summed E-state index contributed by atoms with van der Waals surface area (Å²) < 4.78 is 5.07. The number of carbonyl (C=O) groups is 2. The van der Waals surface area contributed by atoms with E-state index >= 15 is 0 Å². The Labute approximate surface area is 122 Å². The summed E-state index contributed by atoms with van der Waals surface area (Å²) in [6, 6.07) is 4.83. The van der Waals surface area contributed by atoms with Crippen LogP contribution in [0.15, 0.2) is 18.2 Å². The monoisotopic (exact) mass is 292 g/mol. The molecule has 1 aliphatic heterocycles. The maximum Gasteiger partial charge on any atom is 0.491 e. The number of nitrogens with one attached hydrogen (secondary N) is 2. The molecule has 1 heterocycles. The van der Waals surface area contributed by atoms with Crippen molar-refractivity contribution >= 4 is 24.5 Å². The van der Waals surface area contributed by atoms with Gasteiger partial charge in [0.2, 0.25) is 0 Å². The third-order valence-corrected chi connectivity index (χ3v) is 3.18. The average Bonchev–Trinajstić information content (AvgIpc) is 2.79. The first-order valence-corrected chi connectivity index (χ1v) is 6.63. The highest BCUT2D eigenvalue weighted by Crippen LogP contribution is 2.11. The van der Waals surface area contributed by atoms with Crippen LogP contribution in [-0.4, -0.2) is 48.3 Å². The van der Waals surface area contributed by atoms with Crippen LogP contribution in [0.5, 0.6) is 0 Å². The van der Waals surface area contributed by atoms with Crippen molar-refractivity contribution in [3.63, 3.8) is 0 Å².